The van der Waals surface area contributed by atoms with Gasteiger partial charge in [-0.05, 0) is 137 Å². The minimum absolute atomic E-state index is 0.253. The van der Waals surface area contributed by atoms with Crippen molar-refractivity contribution in [3.63, 3.8) is 0 Å². The molecule has 3 fully saturated rings. The highest BCUT2D eigenvalue weighted by molar-refractivity contribution is 9.11. The molecule has 0 saturated carbocycles. The molecule has 65 heavy (non-hydrogen) atoms. The molecule has 12 nitrogen and oxygen atoms in total. The van der Waals surface area contributed by atoms with Crippen molar-refractivity contribution in [2.45, 2.75) is 79.1 Å². The molecule has 3 aliphatic rings. The van der Waals surface area contributed by atoms with Crippen LogP contribution < -0.4 is 14.7 Å². The van der Waals surface area contributed by atoms with Crippen molar-refractivity contribution in [3.8, 4) is 0 Å². The van der Waals surface area contributed by atoms with Crippen molar-refractivity contribution in [1.82, 2.24) is 14.7 Å². The molecule has 3 amide bonds. The lowest BCUT2D eigenvalue weighted by Crippen LogP contribution is -2.50. The van der Waals surface area contributed by atoms with E-state index in [1.54, 1.807) is 32.9 Å². The number of amides is 3. The lowest BCUT2D eigenvalue weighted by molar-refractivity contribution is 0.0230. The standard InChI is InChI=1S/2C15H19BrCl2N2O2.C15H20Cl2N2O2/c1-15(2,3)22-14(21)20-6-4-19(5-7-20)13-9-12(18)11(17)8-10(13)16;1-15(2,3)22-14(21)20-8-6-19(7-9-20)11-5-4-10(17)13(18)12(11)16;1-15(2,3)21-14(20)19-8-6-18(7-9-19)11-4-5-12(16)13(17)10-11/h8-9H,4-7H2,1-3H3;4-5H,6-9H2,1-3H3;4-5,10H,6-9H2,1-3H3. The van der Waals surface area contributed by atoms with Crippen molar-refractivity contribution in [3.05, 3.63) is 81.5 Å². The number of rotatable bonds is 3. The van der Waals surface area contributed by atoms with Gasteiger partial charge in [-0.2, -0.15) is 0 Å². The maximum absolute atomic E-state index is 12.1. The van der Waals surface area contributed by atoms with Gasteiger partial charge in [0, 0.05) is 88.7 Å². The van der Waals surface area contributed by atoms with Gasteiger partial charge in [0.2, 0.25) is 0 Å². The first-order chi connectivity index (χ1) is 30.1. The van der Waals surface area contributed by atoms with Gasteiger partial charge < -0.3 is 43.6 Å². The van der Waals surface area contributed by atoms with E-state index in [0.717, 1.165) is 65.3 Å². The van der Waals surface area contributed by atoms with E-state index in [1.165, 1.54) is 0 Å². The Morgan fingerprint density at radius 3 is 1.20 bits per heavy atom. The number of ether oxygens (including phenoxy) is 3. The molecule has 0 atom stereocenters. The van der Waals surface area contributed by atoms with Gasteiger partial charge in [0.25, 0.3) is 0 Å². The second-order valence-electron chi connectivity index (χ2n) is 18.4. The molecule has 0 unspecified atom stereocenters. The summed E-state index contributed by atoms with van der Waals surface area (Å²) in [4.78, 5) is 47.8. The molecule has 3 aliphatic heterocycles. The maximum atomic E-state index is 12.1. The van der Waals surface area contributed by atoms with Crippen molar-refractivity contribution in [2.24, 2.45) is 0 Å². The molecule has 0 bridgehead atoms. The molecule has 6 rings (SSSR count). The predicted octanol–water partition coefficient (Wildman–Crippen LogP) is 13.7. The van der Waals surface area contributed by atoms with E-state index < -0.39 is 16.8 Å². The highest BCUT2D eigenvalue weighted by atomic mass is 79.9. The normalized spacial score (nSPS) is 16.0. The van der Waals surface area contributed by atoms with Gasteiger partial charge in [-0.1, -0.05) is 69.6 Å². The van der Waals surface area contributed by atoms with Gasteiger partial charge in [0.05, 0.1) is 46.0 Å². The number of carbonyl (C=O) groups excluding carboxylic acids is 3. The first kappa shape index (κ1) is 55.2. The van der Waals surface area contributed by atoms with Crippen LogP contribution in [0.2, 0.25) is 30.1 Å². The number of halogens is 8. The smallest absolute Gasteiger partial charge is 0.410 e. The summed E-state index contributed by atoms with van der Waals surface area (Å²) in [6.45, 7) is 24.9. The van der Waals surface area contributed by atoms with Crippen molar-refractivity contribution < 1.29 is 28.6 Å². The van der Waals surface area contributed by atoms with E-state index in [0.29, 0.717) is 69.4 Å². The molecule has 20 heteroatoms. The van der Waals surface area contributed by atoms with E-state index >= 15 is 0 Å². The van der Waals surface area contributed by atoms with Crippen LogP contribution in [0.3, 0.4) is 0 Å². The largest absolute Gasteiger partial charge is 0.444 e. The Morgan fingerprint density at radius 1 is 0.446 bits per heavy atom. The van der Waals surface area contributed by atoms with Crippen LogP contribution in [0.25, 0.3) is 0 Å². The number of hydrogen-bond acceptors (Lipinski definition) is 9. The fourth-order valence-corrected chi connectivity index (χ4v) is 8.95. The summed E-state index contributed by atoms with van der Waals surface area (Å²) < 4.78 is 17.9. The quantitative estimate of drug-likeness (QED) is 0.144. The molecule has 0 N–H and O–H groups in total. The van der Waals surface area contributed by atoms with Crippen LogP contribution >= 0.6 is 101 Å². The molecule has 0 spiro atoms. The second kappa shape index (κ2) is 23.7. The summed E-state index contributed by atoms with van der Waals surface area (Å²) in [5.74, 6) is 0. The molecule has 0 radical (unpaired) electrons. The summed E-state index contributed by atoms with van der Waals surface area (Å²) in [6, 6.07) is 12.9. The molecule has 3 heterocycles. The predicted molar refractivity (Wildman–Crippen MR) is 275 cm³/mol. The third-order valence-electron chi connectivity index (χ3n) is 9.75. The Bertz CT molecular complexity index is 2080. The number of piperazine rings is 3. The van der Waals surface area contributed by atoms with E-state index in [1.807, 2.05) is 86.6 Å². The van der Waals surface area contributed by atoms with Gasteiger partial charge in [0.1, 0.15) is 16.8 Å². The number of benzene rings is 3. The lowest BCUT2D eigenvalue weighted by atomic mass is 10.2. The van der Waals surface area contributed by atoms with Crippen LogP contribution in [0.15, 0.2) is 51.4 Å². The average Bonchev–Trinajstić information content (AvgIpc) is 3.21. The Kier molecular flexibility index (Phi) is 20.1. The molecule has 0 aliphatic carbocycles. The summed E-state index contributed by atoms with van der Waals surface area (Å²) in [5.41, 5.74) is 1.59. The summed E-state index contributed by atoms with van der Waals surface area (Å²) in [7, 11) is 0. The number of anilines is 3. The minimum Gasteiger partial charge on any atom is -0.444 e. The van der Waals surface area contributed by atoms with E-state index in [4.69, 9.17) is 83.8 Å². The molecule has 0 aromatic heterocycles. The summed E-state index contributed by atoms with van der Waals surface area (Å²) in [5, 5.41) is 3.16. The maximum Gasteiger partial charge on any atom is 0.410 e. The number of hydrogen-bond donors (Lipinski definition) is 0. The fourth-order valence-electron chi connectivity index (χ4n) is 6.58. The average molecular weight is 1150 g/mol. The SMILES string of the molecule is CC(C)(C)OC(=O)N1CCN(c2cc(Cl)c(Cl)cc2Br)CC1.CC(C)(C)OC(=O)N1CCN(c2ccc(Cl)c(Cl)c2)CC1.CC(C)(C)OC(=O)N1CCN(c2ccc(Cl)c(Cl)c2Br)CC1. The Balaban J connectivity index is 0.000000213. The highest BCUT2D eigenvalue weighted by Gasteiger charge is 2.29. The second-order valence-corrected chi connectivity index (χ2v) is 22.4. The Hall–Kier alpha value is -2.43. The fraction of sp³-hybridized carbons (Fsp3) is 0.533. The molecule has 3 aromatic rings. The van der Waals surface area contributed by atoms with E-state index in [-0.39, 0.29) is 18.3 Å². The van der Waals surface area contributed by atoms with Gasteiger partial charge in [-0.25, -0.2) is 14.4 Å². The molecule has 3 aromatic carbocycles. The van der Waals surface area contributed by atoms with Crippen LogP contribution in [0.5, 0.6) is 0 Å². The molecule has 3 saturated heterocycles. The van der Waals surface area contributed by atoms with Crippen LogP contribution in [-0.4, -0.2) is 128 Å². The third-order valence-corrected chi connectivity index (χ3v) is 13.7. The zero-order chi connectivity index (χ0) is 48.6. The number of nitrogens with zero attached hydrogens (tertiary/aromatic N) is 6. The zero-order valence-corrected chi connectivity index (χ0v) is 45.9. The van der Waals surface area contributed by atoms with Crippen LogP contribution in [0.4, 0.5) is 31.4 Å². The minimum atomic E-state index is -0.471. The van der Waals surface area contributed by atoms with Gasteiger partial charge >= 0.3 is 18.3 Å². The molecular formula is C45H58Br2Cl6N6O6. The van der Waals surface area contributed by atoms with Crippen LogP contribution in [-0.2, 0) is 14.2 Å². The number of carbonyl (C=O) groups is 3. The van der Waals surface area contributed by atoms with Crippen LogP contribution in [0.1, 0.15) is 62.3 Å². The highest BCUT2D eigenvalue weighted by Crippen LogP contribution is 2.39. The van der Waals surface area contributed by atoms with Crippen LogP contribution in [0, 0.1) is 0 Å². The van der Waals surface area contributed by atoms with Gasteiger partial charge in [-0.15, -0.1) is 0 Å². The third kappa shape index (κ3) is 17.2. The van der Waals surface area contributed by atoms with Crippen molar-refractivity contribution in [1.29, 1.82) is 0 Å². The van der Waals surface area contributed by atoms with Gasteiger partial charge in [0.15, 0.2) is 0 Å². The molecule has 360 valence electrons. The monoisotopic (exact) mass is 1150 g/mol. The summed E-state index contributed by atoms with van der Waals surface area (Å²) in [6.07, 6.45) is -0.781. The van der Waals surface area contributed by atoms with Gasteiger partial charge in [-0.3, -0.25) is 0 Å². The first-order valence-corrected chi connectivity index (χ1v) is 24.9. The lowest BCUT2D eigenvalue weighted by Gasteiger charge is -2.37. The van der Waals surface area contributed by atoms with Crippen molar-refractivity contribution in [2.75, 3.05) is 93.2 Å². The van der Waals surface area contributed by atoms with E-state index in [2.05, 4.69) is 46.6 Å². The first-order valence-electron chi connectivity index (χ1n) is 21.0. The zero-order valence-electron chi connectivity index (χ0n) is 38.2. The Morgan fingerprint density at radius 2 is 0.800 bits per heavy atom. The van der Waals surface area contributed by atoms with Crippen molar-refractivity contribution >= 4 is 137 Å². The summed E-state index contributed by atoms with van der Waals surface area (Å²) >= 11 is 43.2. The Labute approximate surface area is 430 Å². The topological polar surface area (TPSA) is 98.3 Å². The van der Waals surface area contributed by atoms with E-state index in [9.17, 15) is 14.4 Å². The molecular weight excluding hydrogens is 1090 g/mol.